The second-order valence-corrected chi connectivity index (χ2v) is 6.71. The number of fused-ring (bicyclic) bond motifs is 1. The summed E-state index contributed by atoms with van der Waals surface area (Å²) in [6, 6.07) is 3.22. The van der Waals surface area contributed by atoms with E-state index in [4.69, 9.17) is 21.1 Å². The Bertz CT molecular complexity index is 681. The maximum absolute atomic E-state index is 12.2. The van der Waals surface area contributed by atoms with Crippen molar-refractivity contribution in [1.29, 1.82) is 0 Å². The van der Waals surface area contributed by atoms with Crippen LogP contribution in [0, 0.1) is 5.41 Å². The number of hydrogen-bond donors (Lipinski definition) is 2. The minimum absolute atomic E-state index is 0.204. The van der Waals surface area contributed by atoms with Gasteiger partial charge in [-0.05, 0) is 31.0 Å². The minimum Gasteiger partial charge on any atom is -0.486 e. The minimum atomic E-state index is -0.878. The number of nitrogens with one attached hydrogen (secondary N) is 1. The molecule has 8 heteroatoms. The molecule has 1 aromatic rings. The Kier molecular flexibility index (Phi) is 4.45. The molecule has 0 bridgehead atoms. The van der Waals surface area contributed by atoms with Crippen LogP contribution in [0.2, 0.25) is 5.02 Å². The van der Waals surface area contributed by atoms with Crippen molar-refractivity contribution in [3.8, 4) is 11.5 Å². The zero-order chi connectivity index (χ0) is 17.3. The Balaban J connectivity index is 1.61. The molecule has 2 heterocycles. The molecule has 3 rings (SSSR count). The van der Waals surface area contributed by atoms with Gasteiger partial charge in [0.05, 0.1) is 10.4 Å². The van der Waals surface area contributed by atoms with Gasteiger partial charge in [-0.3, -0.25) is 4.79 Å². The van der Waals surface area contributed by atoms with Crippen LogP contribution in [0.25, 0.3) is 0 Å². The SMILES string of the molecule is CC1(C(=O)O)CCN(C(=O)NCc2cc(Cl)c3c(c2)OCCO3)C1. The van der Waals surface area contributed by atoms with E-state index in [-0.39, 0.29) is 19.1 Å². The Morgan fingerprint density at radius 1 is 1.38 bits per heavy atom. The summed E-state index contributed by atoms with van der Waals surface area (Å²) in [6.45, 7) is 3.48. The van der Waals surface area contributed by atoms with Gasteiger partial charge in [0.2, 0.25) is 0 Å². The fraction of sp³-hybridized carbons (Fsp3) is 0.500. The van der Waals surface area contributed by atoms with Crippen molar-refractivity contribution in [3.63, 3.8) is 0 Å². The molecule has 7 nitrogen and oxygen atoms in total. The van der Waals surface area contributed by atoms with Gasteiger partial charge in [0.15, 0.2) is 11.5 Å². The maximum Gasteiger partial charge on any atom is 0.317 e. The summed E-state index contributed by atoms with van der Waals surface area (Å²) in [5.41, 5.74) is -0.0877. The summed E-state index contributed by atoms with van der Waals surface area (Å²) in [6.07, 6.45) is 0.450. The maximum atomic E-state index is 12.2. The van der Waals surface area contributed by atoms with Crippen LogP contribution in [-0.4, -0.2) is 48.3 Å². The summed E-state index contributed by atoms with van der Waals surface area (Å²) >= 11 is 6.17. The number of carbonyl (C=O) groups is 2. The number of ether oxygens (including phenoxy) is 2. The van der Waals surface area contributed by atoms with Crippen molar-refractivity contribution in [2.45, 2.75) is 19.9 Å². The van der Waals surface area contributed by atoms with Crippen molar-refractivity contribution in [2.75, 3.05) is 26.3 Å². The first kappa shape index (κ1) is 16.7. The normalized spacial score (nSPS) is 22.3. The monoisotopic (exact) mass is 354 g/mol. The zero-order valence-corrected chi connectivity index (χ0v) is 14.1. The van der Waals surface area contributed by atoms with Gasteiger partial charge in [-0.25, -0.2) is 4.79 Å². The van der Waals surface area contributed by atoms with Crippen molar-refractivity contribution in [2.24, 2.45) is 5.41 Å². The van der Waals surface area contributed by atoms with E-state index >= 15 is 0 Å². The van der Waals surface area contributed by atoms with E-state index in [9.17, 15) is 14.7 Å². The number of amides is 2. The Morgan fingerprint density at radius 3 is 2.83 bits per heavy atom. The number of hydrogen-bond acceptors (Lipinski definition) is 4. The number of aliphatic carboxylic acids is 1. The highest BCUT2D eigenvalue weighted by molar-refractivity contribution is 6.32. The number of carboxylic acids is 1. The molecule has 1 fully saturated rings. The van der Waals surface area contributed by atoms with E-state index in [1.807, 2.05) is 0 Å². The molecule has 0 spiro atoms. The number of benzene rings is 1. The van der Waals surface area contributed by atoms with Crippen LogP contribution in [0.4, 0.5) is 4.79 Å². The quantitative estimate of drug-likeness (QED) is 0.868. The number of rotatable bonds is 3. The zero-order valence-electron chi connectivity index (χ0n) is 13.3. The molecule has 1 saturated heterocycles. The van der Waals surface area contributed by atoms with E-state index in [0.29, 0.717) is 42.7 Å². The lowest BCUT2D eigenvalue weighted by Gasteiger charge is -2.22. The first-order chi connectivity index (χ1) is 11.4. The van der Waals surface area contributed by atoms with Crippen LogP contribution >= 0.6 is 11.6 Å². The predicted octanol–water partition coefficient (Wildman–Crippen LogP) is 2.12. The lowest BCUT2D eigenvalue weighted by Crippen LogP contribution is -2.40. The number of likely N-dealkylation sites (tertiary alicyclic amines) is 1. The molecule has 0 aromatic heterocycles. The molecule has 2 aliphatic heterocycles. The molecular formula is C16H19ClN2O5. The van der Waals surface area contributed by atoms with Crippen molar-refractivity contribution >= 4 is 23.6 Å². The van der Waals surface area contributed by atoms with Gasteiger partial charge < -0.3 is 24.8 Å². The fourth-order valence-electron chi connectivity index (χ4n) is 2.86. The molecule has 2 aliphatic rings. The van der Waals surface area contributed by atoms with Crippen molar-refractivity contribution < 1.29 is 24.2 Å². The van der Waals surface area contributed by atoms with E-state index in [2.05, 4.69) is 5.32 Å². The predicted molar refractivity (Wildman–Crippen MR) is 86.6 cm³/mol. The van der Waals surface area contributed by atoms with Gasteiger partial charge in [0.25, 0.3) is 0 Å². The smallest absolute Gasteiger partial charge is 0.317 e. The second kappa shape index (κ2) is 6.39. The number of carbonyl (C=O) groups excluding carboxylic acids is 1. The highest BCUT2D eigenvalue weighted by Crippen LogP contribution is 2.38. The Labute approximate surface area is 144 Å². The molecule has 130 valence electrons. The van der Waals surface area contributed by atoms with Gasteiger partial charge >= 0.3 is 12.0 Å². The van der Waals surface area contributed by atoms with Crippen molar-refractivity contribution in [1.82, 2.24) is 10.2 Å². The molecule has 0 aliphatic carbocycles. The van der Waals surface area contributed by atoms with E-state index in [1.54, 1.807) is 19.1 Å². The fourth-order valence-corrected chi connectivity index (χ4v) is 3.15. The highest BCUT2D eigenvalue weighted by Gasteiger charge is 2.42. The molecule has 1 aromatic carbocycles. The average Bonchev–Trinajstić information content (AvgIpc) is 2.97. The van der Waals surface area contributed by atoms with Gasteiger partial charge in [0.1, 0.15) is 13.2 Å². The molecular weight excluding hydrogens is 336 g/mol. The third-order valence-electron chi connectivity index (χ3n) is 4.38. The van der Waals surface area contributed by atoms with E-state index in [1.165, 1.54) is 4.90 Å². The first-order valence-corrected chi connectivity index (χ1v) is 8.11. The van der Waals surface area contributed by atoms with Gasteiger partial charge in [-0.1, -0.05) is 11.6 Å². The Morgan fingerprint density at radius 2 is 2.12 bits per heavy atom. The summed E-state index contributed by atoms with van der Waals surface area (Å²) in [5, 5.41) is 12.5. The number of urea groups is 1. The van der Waals surface area contributed by atoms with Crippen LogP contribution in [0.3, 0.4) is 0 Å². The molecule has 0 radical (unpaired) electrons. The summed E-state index contributed by atoms with van der Waals surface area (Å²) in [7, 11) is 0. The van der Waals surface area contributed by atoms with Crippen LogP contribution in [0.15, 0.2) is 12.1 Å². The number of nitrogens with zero attached hydrogens (tertiary/aromatic N) is 1. The van der Waals surface area contributed by atoms with Gasteiger partial charge in [0, 0.05) is 19.6 Å². The standard InChI is InChI=1S/C16H19ClN2O5/c1-16(14(20)21)2-3-19(9-16)15(22)18-8-10-6-11(17)13-12(7-10)23-4-5-24-13/h6-7H,2-5,8-9H2,1H3,(H,18,22)(H,20,21). The molecule has 0 saturated carbocycles. The summed E-state index contributed by atoms with van der Waals surface area (Å²) < 4.78 is 11.0. The average molecular weight is 355 g/mol. The van der Waals surface area contributed by atoms with Crippen LogP contribution in [0.5, 0.6) is 11.5 Å². The third-order valence-corrected chi connectivity index (χ3v) is 4.66. The van der Waals surface area contributed by atoms with Crippen LogP contribution in [0.1, 0.15) is 18.9 Å². The largest absolute Gasteiger partial charge is 0.486 e. The lowest BCUT2D eigenvalue weighted by molar-refractivity contribution is -0.147. The topological polar surface area (TPSA) is 88.1 Å². The number of carboxylic acid groups (broad SMARTS) is 1. The molecule has 2 amide bonds. The van der Waals surface area contributed by atoms with Crippen molar-refractivity contribution in [3.05, 3.63) is 22.7 Å². The first-order valence-electron chi connectivity index (χ1n) is 7.73. The highest BCUT2D eigenvalue weighted by atomic mass is 35.5. The molecule has 2 N–H and O–H groups in total. The lowest BCUT2D eigenvalue weighted by atomic mass is 9.90. The summed E-state index contributed by atoms with van der Waals surface area (Å²) in [5.74, 6) is 0.212. The van der Waals surface area contributed by atoms with Gasteiger partial charge in [-0.15, -0.1) is 0 Å². The van der Waals surface area contributed by atoms with Gasteiger partial charge in [-0.2, -0.15) is 0 Å². The number of halogens is 1. The van der Waals surface area contributed by atoms with E-state index < -0.39 is 11.4 Å². The molecule has 1 unspecified atom stereocenters. The summed E-state index contributed by atoms with van der Waals surface area (Å²) in [4.78, 5) is 25.0. The third kappa shape index (κ3) is 3.21. The van der Waals surface area contributed by atoms with E-state index in [0.717, 1.165) is 5.56 Å². The van der Waals surface area contributed by atoms with Crippen LogP contribution in [-0.2, 0) is 11.3 Å². The van der Waals surface area contributed by atoms with Crippen LogP contribution < -0.4 is 14.8 Å². The second-order valence-electron chi connectivity index (χ2n) is 6.30. The molecule has 24 heavy (non-hydrogen) atoms. The Hall–Kier alpha value is -2.15. The molecule has 1 atom stereocenters.